The first-order valence-corrected chi connectivity index (χ1v) is 10.1. The molecule has 156 valence electrons. The lowest BCUT2D eigenvalue weighted by atomic mass is 10.2. The molecule has 3 aromatic rings. The first-order chi connectivity index (χ1) is 14.4. The fraction of sp³-hybridized carbons (Fsp3) is 0.364. The van der Waals surface area contributed by atoms with Gasteiger partial charge in [-0.05, 0) is 39.0 Å². The molecule has 1 saturated heterocycles. The minimum Gasteiger partial charge on any atom is -0.368 e. The summed E-state index contributed by atoms with van der Waals surface area (Å²) in [5.41, 5.74) is 3.21. The number of rotatable bonds is 4. The van der Waals surface area contributed by atoms with Crippen molar-refractivity contribution in [3.63, 3.8) is 0 Å². The largest absolute Gasteiger partial charge is 0.368 e. The van der Waals surface area contributed by atoms with Crippen molar-refractivity contribution in [2.45, 2.75) is 27.3 Å². The zero-order valence-electron chi connectivity index (χ0n) is 17.6. The summed E-state index contributed by atoms with van der Waals surface area (Å²) in [6.45, 7) is 8.29. The Morgan fingerprint density at radius 1 is 0.967 bits per heavy atom. The average molecular weight is 406 g/mol. The number of hydrogen-bond acceptors (Lipinski definition) is 5. The molecule has 0 aliphatic carbocycles. The van der Waals surface area contributed by atoms with Crippen molar-refractivity contribution in [1.29, 1.82) is 0 Å². The molecule has 0 N–H and O–H groups in total. The lowest BCUT2D eigenvalue weighted by molar-refractivity contribution is -0.132. The number of aryl methyl sites for hydroxylation is 3. The number of carbonyl (C=O) groups is 1. The van der Waals surface area contributed by atoms with Gasteiger partial charge in [0.2, 0.25) is 11.9 Å². The standard InChI is InChI=1S/C22H26N6O2/c1-16-14-20(29)27(22(23-16)28-18(3)13-17(2)24-28)15-21(30)26-11-9-25(10-12-26)19-7-5-4-6-8-19/h4-8,13-14H,9-12,15H2,1-3H3. The summed E-state index contributed by atoms with van der Waals surface area (Å²) in [4.78, 5) is 34.3. The van der Waals surface area contributed by atoms with Gasteiger partial charge in [-0.3, -0.25) is 14.2 Å². The van der Waals surface area contributed by atoms with Crippen LogP contribution in [-0.4, -0.2) is 56.3 Å². The molecule has 30 heavy (non-hydrogen) atoms. The van der Waals surface area contributed by atoms with Crippen LogP contribution in [0.1, 0.15) is 17.1 Å². The zero-order valence-corrected chi connectivity index (χ0v) is 17.6. The summed E-state index contributed by atoms with van der Waals surface area (Å²) in [5.74, 6) is 0.292. The highest BCUT2D eigenvalue weighted by Crippen LogP contribution is 2.16. The Morgan fingerprint density at radius 2 is 1.67 bits per heavy atom. The highest BCUT2D eigenvalue weighted by molar-refractivity contribution is 5.76. The predicted octanol–water partition coefficient (Wildman–Crippen LogP) is 1.70. The number of anilines is 1. The van der Waals surface area contributed by atoms with Crippen LogP contribution in [0, 0.1) is 20.8 Å². The second-order valence-corrected chi connectivity index (χ2v) is 7.66. The topological polar surface area (TPSA) is 76.3 Å². The third-order valence-corrected chi connectivity index (χ3v) is 5.36. The SMILES string of the molecule is Cc1cc(=O)n(CC(=O)N2CCN(c3ccccc3)CC2)c(-n2nc(C)cc2C)n1. The predicted molar refractivity (Wildman–Crippen MR) is 115 cm³/mol. The van der Waals surface area contributed by atoms with Crippen molar-refractivity contribution in [2.24, 2.45) is 0 Å². The summed E-state index contributed by atoms with van der Waals surface area (Å²) >= 11 is 0. The molecule has 3 heterocycles. The van der Waals surface area contributed by atoms with Crippen LogP contribution in [0.2, 0.25) is 0 Å². The maximum absolute atomic E-state index is 13.0. The van der Waals surface area contributed by atoms with Crippen LogP contribution in [0.5, 0.6) is 0 Å². The van der Waals surface area contributed by atoms with Crippen molar-refractivity contribution in [2.75, 3.05) is 31.1 Å². The molecular weight excluding hydrogens is 380 g/mol. The molecule has 0 bridgehead atoms. The van der Waals surface area contributed by atoms with Gasteiger partial charge in [0.1, 0.15) is 6.54 Å². The van der Waals surface area contributed by atoms with E-state index in [1.807, 2.05) is 43.0 Å². The van der Waals surface area contributed by atoms with E-state index in [1.54, 1.807) is 11.6 Å². The molecule has 1 fully saturated rings. The molecular formula is C22H26N6O2. The fourth-order valence-electron chi connectivity index (χ4n) is 3.84. The molecule has 2 aromatic heterocycles. The minimum atomic E-state index is -0.249. The van der Waals surface area contributed by atoms with E-state index in [2.05, 4.69) is 27.1 Å². The van der Waals surface area contributed by atoms with Crippen LogP contribution < -0.4 is 10.5 Å². The second kappa shape index (κ2) is 8.14. The van der Waals surface area contributed by atoms with Gasteiger partial charge in [0.25, 0.3) is 5.56 Å². The summed E-state index contributed by atoms with van der Waals surface area (Å²) in [6.07, 6.45) is 0. The number of benzene rings is 1. The Balaban J connectivity index is 1.53. The van der Waals surface area contributed by atoms with Crippen LogP contribution in [-0.2, 0) is 11.3 Å². The summed E-state index contributed by atoms with van der Waals surface area (Å²) in [7, 11) is 0. The van der Waals surface area contributed by atoms with Crippen LogP contribution in [0.4, 0.5) is 5.69 Å². The van der Waals surface area contributed by atoms with Gasteiger partial charge in [0.05, 0.1) is 5.69 Å². The van der Waals surface area contributed by atoms with Gasteiger partial charge in [-0.25, -0.2) is 9.67 Å². The fourth-order valence-corrected chi connectivity index (χ4v) is 3.84. The zero-order chi connectivity index (χ0) is 21.3. The Labute approximate surface area is 175 Å². The number of amides is 1. The molecule has 1 aromatic carbocycles. The number of carbonyl (C=O) groups excluding carboxylic acids is 1. The third kappa shape index (κ3) is 3.98. The van der Waals surface area contributed by atoms with E-state index in [0.717, 1.165) is 30.2 Å². The Morgan fingerprint density at radius 3 is 2.30 bits per heavy atom. The van der Waals surface area contributed by atoms with Crippen molar-refractivity contribution < 1.29 is 4.79 Å². The molecule has 1 amide bonds. The summed E-state index contributed by atoms with van der Waals surface area (Å²) in [5, 5.41) is 4.45. The number of hydrogen-bond donors (Lipinski definition) is 0. The molecule has 0 atom stereocenters. The van der Waals surface area contributed by atoms with Crippen LogP contribution in [0.25, 0.3) is 5.95 Å². The Bertz CT molecular complexity index is 1110. The lowest BCUT2D eigenvalue weighted by Crippen LogP contribution is -2.50. The third-order valence-electron chi connectivity index (χ3n) is 5.36. The normalized spacial score (nSPS) is 14.2. The van der Waals surface area contributed by atoms with E-state index in [9.17, 15) is 9.59 Å². The van der Waals surface area contributed by atoms with E-state index in [4.69, 9.17) is 0 Å². The minimum absolute atomic E-state index is 0.0505. The highest BCUT2D eigenvalue weighted by Gasteiger charge is 2.23. The maximum atomic E-state index is 13.0. The number of para-hydroxylation sites is 1. The molecule has 0 unspecified atom stereocenters. The van der Waals surface area contributed by atoms with Gasteiger partial charge >= 0.3 is 0 Å². The summed E-state index contributed by atoms with van der Waals surface area (Å²) in [6, 6.07) is 13.6. The molecule has 1 aliphatic rings. The van der Waals surface area contributed by atoms with Crippen LogP contribution in [0.15, 0.2) is 47.3 Å². The summed E-state index contributed by atoms with van der Waals surface area (Å²) < 4.78 is 3.04. The van der Waals surface area contributed by atoms with Crippen molar-refractivity contribution >= 4 is 11.6 Å². The van der Waals surface area contributed by atoms with Crippen molar-refractivity contribution in [1.82, 2.24) is 24.2 Å². The van der Waals surface area contributed by atoms with Crippen LogP contribution >= 0.6 is 0 Å². The van der Waals surface area contributed by atoms with Gasteiger partial charge < -0.3 is 9.80 Å². The maximum Gasteiger partial charge on any atom is 0.255 e. The van der Waals surface area contributed by atoms with Gasteiger partial charge in [0, 0.05) is 49.3 Å². The van der Waals surface area contributed by atoms with Gasteiger partial charge in [0.15, 0.2) is 0 Å². The van der Waals surface area contributed by atoms with Crippen molar-refractivity contribution in [3.8, 4) is 5.95 Å². The van der Waals surface area contributed by atoms with Gasteiger partial charge in [-0.1, -0.05) is 18.2 Å². The number of piperazine rings is 1. The van der Waals surface area contributed by atoms with E-state index < -0.39 is 0 Å². The van der Waals surface area contributed by atoms with E-state index in [-0.39, 0.29) is 18.0 Å². The number of aromatic nitrogens is 4. The monoisotopic (exact) mass is 406 g/mol. The first kappa shape index (κ1) is 19.9. The molecule has 0 saturated carbocycles. The highest BCUT2D eigenvalue weighted by atomic mass is 16.2. The second-order valence-electron chi connectivity index (χ2n) is 7.66. The van der Waals surface area contributed by atoms with E-state index in [0.29, 0.717) is 24.7 Å². The lowest BCUT2D eigenvalue weighted by Gasteiger charge is -2.36. The first-order valence-electron chi connectivity index (χ1n) is 10.1. The van der Waals surface area contributed by atoms with Crippen molar-refractivity contribution in [3.05, 3.63) is 69.9 Å². The molecule has 0 radical (unpaired) electrons. The van der Waals surface area contributed by atoms with Gasteiger partial charge in [-0.15, -0.1) is 0 Å². The Hall–Kier alpha value is -3.42. The number of nitrogens with zero attached hydrogens (tertiary/aromatic N) is 6. The molecule has 0 spiro atoms. The molecule has 4 rings (SSSR count). The van der Waals surface area contributed by atoms with Gasteiger partial charge in [-0.2, -0.15) is 5.10 Å². The smallest absolute Gasteiger partial charge is 0.255 e. The molecule has 8 nitrogen and oxygen atoms in total. The Kier molecular flexibility index (Phi) is 5.39. The quantitative estimate of drug-likeness (QED) is 0.659. The van der Waals surface area contributed by atoms with E-state index >= 15 is 0 Å². The van der Waals surface area contributed by atoms with E-state index in [1.165, 1.54) is 10.6 Å². The molecule has 8 heteroatoms. The molecule has 1 aliphatic heterocycles. The van der Waals surface area contributed by atoms with Crippen LogP contribution in [0.3, 0.4) is 0 Å². The average Bonchev–Trinajstić information content (AvgIpc) is 3.08.